The summed E-state index contributed by atoms with van der Waals surface area (Å²) in [6.07, 6.45) is 0.736. The Morgan fingerprint density at radius 3 is 2.50 bits per heavy atom. The Morgan fingerprint density at radius 2 is 1.83 bits per heavy atom. The summed E-state index contributed by atoms with van der Waals surface area (Å²) in [5.74, 6) is -0.0782. The van der Waals surface area contributed by atoms with Gasteiger partial charge in [-0.1, -0.05) is 24.3 Å². The van der Waals surface area contributed by atoms with Crippen molar-refractivity contribution in [2.75, 3.05) is 12.4 Å². The Kier molecular flexibility index (Phi) is 4.23. The predicted molar refractivity (Wildman–Crippen MR) is 73.3 cm³/mol. The van der Waals surface area contributed by atoms with E-state index in [1.54, 1.807) is 17.8 Å². The molecule has 2 N–H and O–H groups in total. The third-order valence-electron chi connectivity index (χ3n) is 2.67. The first-order chi connectivity index (χ1) is 8.74. The molecule has 2 aromatic rings. The largest absolute Gasteiger partial charge is 0.478 e. The highest BCUT2D eigenvalue weighted by Gasteiger charge is 2.10. The van der Waals surface area contributed by atoms with E-state index >= 15 is 0 Å². The summed E-state index contributed by atoms with van der Waals surface area (Å²) in [5, 5.41) is 19.7. The number of benzene rings is 2. The zero-order chi connectivity index (χ0) is 13.0. The van der Waals surface area contributed by atoms with Crippen LogP contribution in [0.3, 0.4) is 0 Å². The molecule has 0 fully saturated rings. The van der Waals surface area contributed by atoms with Gasteiger partial charge in [0.15, 0.2) is 0 Å². The molecule has 0 aliphatic carbocycles. The first-order valence-corrected chi connectivity index (χ1v) is 6.71. The topological polar surface area (TPSA) is 57.5 Å². The van der Waals surface area contributed by atoms with Crippen LogP contribution in [0.4, 0.5) is 0 Å². The molecular weight excluding hydrogens is 248 g/mol. The molecule has 2 rings (SSSR count). The van der Waals surface area contributed by atoms with E-state index in [1.807, 2.05) is 30.3 Å². The van der Waals surface area contributed by atoms with Gasteiger partial charge < -0.3 is 10.2 Å². The van der Waals surface area contributed by atoms with Crippen LogP contribution in [0, 0.1) is 0 Å². The Labute approximate surface area is 109 Å². The summed E-state index contributed by atoms with van der Waals surface area (Å²) in [7, 11) is 0. The highest BCUT2D eigenvalue weighted by Crippen LogP contribution is 2.30. The number of hydrogen-bond acceptors (Lipinski definition) is 3. The van der Waals surface area contributed by atoms with Crippen LogP contribution in [0.25, 0.3) is 10.8 Å². The summed E-state index contributed by atoms with van der Waals surface area (Å²) in [5.41, 5.74) is 0.331. The van der Waals surface area contributed by atoms with Crippen LogP contribution in [0.5, 0.6) is 0 Å². The summed E-state index contributed by atoms with van der Waals surface area (Å²) in [6, 6.07) is 11.0. The van der Waals surface area contributed by atoms with Crippen molar-refractivity contribution in [3.05, 3.63) is 42.0 Å². The van der Waals surface area contributed by atoms with Gasteiger partial charge in [0.25, 0.3) is 0 Å². The van der Waals surface area contributed by atoms with Gasteiger partial charge in [-0.3, -0.25) is 0 Å². The molecule has 0 atom stereocenters. The second-order valence-electron chi connectivity index (χ2n) is 3.89. The zero-order valence-corrected chi connectivity index (χ0v) is 10.6. The highest BCUT2D eigenvalue weighted by molar-refractivity contribution is 7.99. The number of aliphatic hydroxyl groups excluding tert-OH is 1. The van der Waals surface area contributed by atoms with Crippen molar-refractivity contribution < 1.29 is 15.0 Å². The fraction of sp³-hybridized carbons (Fsp3) is 0.214. The van der Waals surface area contributed by atoms with Gasteiger partial charge in [-0.2, -0.15) is 0 Å². The number of aromatic carboxylic acids is 1. The molecule has 0 aliphatic heterocycles. The minimum absolute atomic E-state index is 0.179. The molecule has 0 saturated carbocycles. The van der Waals surface area contributed by atoms with E-state index < -0.39 is 5.97 Å². The average molecular weight is 262 g/mol. The Hall–Kier alpha value is -1.52. The molecular formula is C14H14O3S. The van der Waals surface area contributed by atoms with Gasteiger partial charge in [-0.05, 0) is 29.3 Å². The van der Waals surface area contributed by atoms with Crippen molar-refractivity contribution in [3.8, 4) is 0 Å². The number of carbonyl (C=O) groups is 1. The third-order valence-corrected chi connectivity index (χ3v) is 3.83. The first kappa shape index (κ1) is 12.9. The molecule has 2 aromatic carbocycles. The maximum absolute atomic E-state index is 11.1. The van der Waals surface area contributed by atoms with Crippen molar-refractivity contribution in [2.45, 2.75) is 11.3 Å². The van der Waals surface area contributed by atoms with Crippen LogP contribution in [0.15, 0.2) is 41.3 Å². The Morgan fingerprint density at radius 1 is 1.11 bits per heavy atom. The van der Waals surface area contributed by atoms with Gasteiger partial charge in [0.05, 0.1) is 5.56 Å². The molecule has 3 nitrogen and oxygen atoms in total. The van der Waals surface area contributed by atoms with Crippen LogP contribution in [-0.4, -0.2) is 28.5 Å². The highest BCUT2D eigenvalue weighted by atomic mass is 32.2. The number of fused-ring (bicyclic) bond motifs is 1. The molecule has 0 unspecified atom stereocenters. The van der Waals surface area contributed by atoms with E-state index in [0.29, 0.717) is 5.56 Å². The maximum atomic E-state index is 11.1. The second-order valence-corrected chi connectivity index (χ2v) is 5.02. The van der Waals surface area contributed by atoms with Crippen molar-refractivity contribution in [2.24, 2.45) is 0 Å². The number of carboxylic acids is 1. The van der Waals surface area contributed by atoms with Crippen LogP contribution in [0.1, 0.15) is 16.8 Å². The molecule has 0 spiro atoms. The predicted octanol–water partition coefficient (Wildman–Crippen LogP) is 3.01. The van der Waals surface area contributed by atoms with Crippen LogP contribution in [-0.2, 0) is 0 Å². The minimum Gasteiger partial charge on any atom is -0.478 e. The van der Waals surface area contributed by atoms with E-state index in [0.717, 1.165) is 27.8 Å². The Balaban J connectivity index is 2.44. The fourth-order valence-electron chi connectivity index (χ4n) is 1.83. The summed E-state index contributed by atoms with van der Waals surface area (Å²) in [6.45, 7) is 0.179. The molecule has 0 saturated heterocycles. The molecule has 4 heteroatoms. The van der Waals surface area contributed by atoms with Crippen LogP contribution >= 0.6 is 11.8 Å². The number of rotatable bonds is 5. The SMILES string of the molecule is O=C(O)c1ccc(SCCCO)c2ccccc12. The molecule has 0 bridgehead atoms. The number of aliphatic hydroxyl groups is 1. The first-order valence-electron chi connectivity index (χ1n) is 5.72. The molecule has 0 aromatic heterocycles. The van der Waals surface area contributed by atoms with E-state index in [4.69, 9.17) is 10.2 Å². The van der Waals surface area contributed by atoms with E-state index in [9.17, 15) is 4.79 Å². The van der Waals surface area contributed by atoms with Gasteiger partial charge >= 0.3 is 5.97 Å². The van der Waals surface area contributed by atoms with Gasteiger partial charge in [0, 0.05) is 17.3 Å². The Bertz CT molecular complexity index is 566. The summed E-state index contributed by atoms with van der Waals surface area (Å²) < 4.78 is 0. The quantitative estimate of drug-likeness (QED) is 0.642. The molecule has 0 amide bonds. The molecule has 94 valence electrons. The van der Waals surface area contributed by atoms with Crippen molar-refractivity contribution in [3.63, 3.8) is 0 Å². The fourth-order valence-corrected chi connectivity index (χ4v) is 2.82. The van der Waals surface area contributed by atoms with Crippen molar-refractivity contribution in [1.82, 2.24) is 0 Å². The van der Waals surface area contributed by atoms with Gasteiger partial charge in [-0.15, -0.1) is 11.8 Å². The maximum Gasteiger partial charge on any atom is 0.336 e. The van der Waals surface area contributed by atoms with Crippen LogP contribution in [0.2, 0.25) is 0 Å². The van der Waals surface area contributed by atoms with Crippen molar-refractivity contribution >= 4 is 28.5 Å². The standard InChI is InChI=1S/C14H14O3S/c15-8-3-9-18-13-7-6-12(14(16)17)10-4-1-2-5-11(10)13/h1-2,4-7,15H,3,8-9H2,(H,16,17). The number of carboxylic acid groups (broad SMARTS) is 1. The molecule has 0 heterocycles. The molecule has 0 aliphatic rings. The smallest absolute Gasteiger partial charge is 0.336 e. The zero-order valence-electron chi connectivity index (χ0n) is 9.80. The van der Waals surface area contributed by atoms with Gasteiger partial charge in [-0.25, -0.2) is 4.79 Å². The monoisotopic (exact) mass is 262 g/mol. The van der Waals surface area contributed by atoms with Crippen molar-refractivity contribution in [1.29, 1.82) is 0 Å². The lowest BCUT2D eigenvalue weighted by molar-refractivity contribution is 0.0699. The summed E-state index contributed by atoms with van der Waals surface area (Å²) >= 11 is 1.64. The minimum atomic E-state index is -0.905. The lowest BCUT2D eigenvalue weighted by atomic mass is 10.0. The molecule has 0 radical (unpaired) electrons. The van der Waals surface area contributed by atoms with Gasteiger partial charge in [0.1, 0.15) is 0 Å². The summed E-state index contributed by atoms with van der Waals surface area (Å²) in [4.78, 5) is 12.2. The lowest BCUT2D eigenvalue weighted by Crippen LogP contribution is -1.98. The molecule has 18 heavy (non-hydrogen) atoms. The average Bonchev–Trinajstić information content (AvgIpc) is 2.38. The van der Waals surface area contributed by atoms with E-state index in [1.165, 1.54) is 0 Å². The van der Waals surface area contributed by atoms with Gasteiger partial charge in [0.2, 0.25) is 0 Å². The van der Waals surface area contributed by atoms with Crippen LogP contribution < -0.4 is 0 Å². The second kappa shape index (κ2) is 5.89. The normalized spacial score (nSPS) is 10.7. The number of thioether (sulfide) groups is 1. The lowest BCUT2D eigenvalue weighted by Gasteiger charge is -2.08. The third kappa shape index (κ3) is 2.66. The van der Waals surface area contributed by atoms with E-state index in [2.05, 4.69) is 0 Å². The van der Waals surface area contributed by atoms with E-state index in [-0.39, 0.29) is 6.61 Å². The number of hydrogen-bond donors (Lipinski definition) is 2.